The second-order valence-corrected chi connectivity index (χ2v) is 15.0. The van der Waals surface area contributed by atoms with Crippen LogP contribution in [0.1, 0.15) is 33.4 Å². The number of para-hydroxylation sites is 2. The van der Waals surface area contributed by atoms with Gasteiger partial charge >= 0.3 is 0 Å². The Morgan fingerprint density at radius 3 is 1.67 bits per heavy atom. The Morgan fingerprint density at radius 2 is 0.980 bits per heavy atom. The first-order chi connectivity index (χ1) is 25.3. The summed E-state index contributed by atoms with van der Waals surface area (Å²) in [5.41, 5.74) is 16.6. The SMILES string of the molecule is C1=Cc2ccc3c4c(ccc1c24)-c1c(ccc2c1sc1c(N(c4ccccc4)c4ccccc4)cccc12)C31c2ccccc2-c2ccccc21. The summed E-state index contributed by atoms with van der Waals surface area (Å²) in [6, 6.07) is 61.1. The molecule has 0 atom stereocenters. The fourth-order valence-electron chi connectivity index (χ4n) is 9.67. The van der Waals surface area contributed by atoms with Gasteiger partial charge in [-0.15, -0.1) is 11.3 Å². The minimum atomic E-state index is -0.428. The van der Waals surface area contributed by atoms with Crippen LogP contribution in [0.3, 0.4) is 0 Å². The van der Waals surface area contributed by atoms with Crippen LogP contribution in [0.15, 0.2) is 164 Å². The zero-order chi connectivity index (χ0) is 33.3. The predicted molar refractivity (Wildman–Crippen MR) is 217 cm³/mol. The van der Waals surface area contributed by atoms with Crippen molar-refractivity contribution in [3.63, 3.8) is 0 Å². The third-order valence-electron chi connectivity index (χ3n) is 11.6. The van der Waals surface area contributed by atoms with Crippen LogP contribution in [0, 0.1) is 0 Å². The molecular weight excluding hydrogens is 635 g/mol. The molecule has 9 aromatic rings. The third-order valence-corrected chi connectivity index (χ3v) is 12.9. The number of thiophene rings is 1. The average Bonchev–Trinajstić information content (AvgIpc) is 3.88. The van der Waals surface area contributed by atoms with E-state index in [4.69, 9.17) is 0 Å². The van der Waals surface area contributed by atoms with Crippen molar-refractivity contribution in [3.8, 4) is 22.3 Å². The zero-order valence-electron chi connectivity index (χ0n) is 27.6. The largest absolute Gasteiger partial charge is 0.309 e. The highest BCUT2D eigenvalue weighted by atomic mass is 32.1. The van der Waals surface area contributed by atoms with E-state index in [0.29, 0.717) is 0 Å². The molecule has 0 bridgehead atoms. The third kappa shape index (κ3) is 3.41. The van der Waals surface area contributed by atoms with Gasteiger partial charge in [0.25, 0.3) is 0 Å². The van der Waals surface area contributed by atoms with Crippen molar-refractivity contribution in [1.29, 1.82) is 0 Å². The summed E-state index contributed by atoms with van der Waals surface area (Å²) < 4.78 is 2.66. The molecule has 8 aromatic carbocycles. The van der Waals surface area contributed by atoms with Crippen LogP contribution < -0.4 is 4.90 Å². The van der Waals surface area contributed by atoms with Gasteiger partial charge in [-0.25, -0.2) is 0 Å². The Balaban J connectivity index is 1.24. The fraction of sp³-hybridized carbons (Fsp3) is 0.0204. The van der Waals surface area contributed by atoms with Crippen molar-refractivity contribution in [3.05, 3.63) is 197 Å². The Labute approximate surface area is 300 Å². The van der Waals surface area contributed by atoms with E-state index in [0.717, 1.165) is 11.4 Å². The van der Waals surface area contributed by atoms with Crippen molar-refractivity contribution in [2.75, 3.05) is 4.90 Å². The van der Waals surface area contributed by atoms with Crippen LogP contribution in [0.4, 0.5) is 17.1 Å². The molecule has 1 heterocycles. The van der Waals surface area contributed by atoms with Gasteiger partial charge in [0.05, 0.1) is 15.8 Å². The molecule has 51 heavy (non-hydrogen) atoms. The minimum Gasteiger partial charge on any atom is -0.309 e. The van der Waals surface area contributed by atoms with Crippen LogP contribution in [-0.4, -0.2) is 0 Å². The van der Waals surface area contributed by atoms with Gasteiger partial charge in [-0.3, -0.25) is 0 Å². The van der Waals surface area contributed by atoms with E-state index in [9.17, 15) is 0 Å². The molecule has 3 aliphatic rings. The number of anilines is 3. The quantitative estimate of drug-likeness (QED) is 0.182. The molecule has 0 fully saturated rings. The number of hydrogen-bond donors (Lipinski definition) is 0. The Bertz CT molecular complexity index is 2870. The van der Waals surface area contributed by atoms with Gasteiger partial charge in [0.1, 0.15) is 0 Å². The lowest BCUT2D eigenvalue weighted by molar-refractivity contribution is 0.775. The molecule has 0 saturated carbocycles. The monoisotopic (exact) mass is 663 g/mol. The number of hydrogen-bond acceptors (Lipinski definition) is 2. The molecule has 0 radical (unpaired) electrons. The van der Waals surface area contributed by atoms with E-state index >= 15 is 0 Å². The number of nitrogens with zero attached hydrogens (tertiary/aromatic N) is 1. The van der Waals surface area contributed by atoms with Crippen molar-refractivity contribution in [2.24, 2.45) is 0 Å². The van der Waals surface area contributed by atoms with Gasteiger partial charge in [0.15, 0.2) is 0 Å². The van der Waals surface area contributed by atoms with Gasteiger partial charge < -0.3 is 4.90 Å². The summed E-state index contributed by atoms with van der Waals surface area (Å²) in [7, 11) is 0. The molecular formula is C49H29NS. The van der Waals surface area contributed by atoms with Gasteiger partial charge in [0, 0.05) is 32.4 Å². The van der Waals surface area contributed by atoms with Crippen molar-refractivity contribution >= 4 is 71.5 Å². The first kappa shape index (κ1) is 27.6. The predicted octanol–water partition coefficient (Wildman–Crippen LogP) is 13.5. The lowest BCUT2D eigenvalue weighted by Crippen LogP contribution is -2.32. The van der Waals surface area contributed by atoms with Crippen LogP contribution in [0.25, 0.3) is 65.4 Å². The van der Waals surface area contributed by atoms with Crippen LogP contribution in [0.2, 0.25) is 0 Å². The normalized spacial score (nSPS) is 14.0. The molecule has 1 nitrogen and oxygen atoms in total. The maximum Gasteiger partial charge on any atom is 0.0726 e. The molecule has 12 rings (SSSR count). The van der Waals surface area contributed by atoms with Crippen molar-refractivity contribution in [1.82, 2.24) is 0 Å². The molecule has 0 N–H and O–H groups in total. The summed E-state index contributed by atoms with van der Waals surface area (Å²) in [6.07, 6.45) is 4.59. The molecule has 0 amide bonds. The number of benzene rings is 8. The highest BCUT2D eigenvalue weighted by molar-refractivity contribution is 7.27. The van der Waals surface area contributed by atoms with E-state index in [1.807, 2.05) is 11.3 Å². The van der Waals surface area contributed by atoms with E-state index in [1.165, 1.54) is 92.3 Å². The first-order valence-electron chi connectivity index (χ1n) is 17.7. The summed E-state index contributed by atoms with van der Waals surface area (Å²) >= 11 is 1.95. The summed E-state index contributed by atoms with van der Waals surface area (Å²) in [4.78, 5) is 2.41. The van der Waals surface area contributed by atoms with Crippen molar-refractivity contribution < 1.29 is 0 Å². The number of fused-ring (bicyclic) bond motifs is 13. The zero-order valence-corrected chi connectivity index (χ0v) is 28.4. The highest BCUT2D eigenvalue weighted by Crippen LogP contribution is 2.64. The topological polar surface area (TPSA) is 3.24 Å². The second kappa shape index (κ2) is 9.94. The molecule has 2 heteroatoms. The van der Waals surface area contributed by atoms with E-state index in [-0.39, 0.29) is 0 Å². The lowest BCUT2D eigenvalue weighted by atomic mass is 9.61. The van der Waals surface area contributed by atoms with E-state index < -0.39 is 5.41 Å². The molecule has 236 valence electrons. The standard InChI is InChI=1S/C49H29NS/c1-3-12-32(13-4-1)50(33-14-5-2-6-15-33)43-21-11-18-36-37-27-29-42-46(48(37)51-47(36)43)38-26-24-30-22-23-31-25-28-41(45(38)44(30)31)49(42)39-19-9-7-16-34(39)35-17-8-10-20-40(35)49/h1-29H. The Morgan fingerprint density at radius 1 is 0.392 bits per heavy atom. The van der Waals surface area contributed by atoms with Gasteiger partial charge in [-0.1, -0.05) is 146 Å². The second-order valence-electron chi connectivity index (χ2n) is 14.0. The smallest absolute Gasteiger partial charge is 0.0726 e. The van der Waals surface area contributed by atoms with E-state index in [1.54, 1.807) is 0 Å². The van der Waals surface area contributed by atoms with Gasteiger partial charge in [0.2, 0.25) is 0 Å². The van der Waals surface area contributed by atoms with Crippen molar-refractivity contribution in [2.45, 2.75) is 5.41 Å². The number of rotatable bonds is 3. The molecule has 0 aliphatic heterocycles. The Kier molecular flexibility index (Phi) is 5.38. The average molecular weight is 664 g/mol. The van der Waals surface area contributed by atoms with Crippen LogP contribution >= 0.6 is 11.3 Å². The molecule has 0 saturated heterocycles. The molecule has 0 unspecified atom stereocenters. The maximum absolute atomic E-state index is 2.47. The molecule has 1 spiro atoms. The maximum atomic E-state index is 2.47. The Hall–Kier alpha value is -6.22. The first-order valence-corrected chi connectivity index (χ1v) is 18.5. The van der Waals surface area contributed by atoms with Gasteiger partial charge in [-0.2, -0.15) is 0 Å². The summed E-state index contributed by atoms with van der Waals surface area (Å²) in [5.74, 6) is 0. The highest BCUT2D eigenvalue weighted by Gasteiger charge is 2.50. The molecule has 1 aromatic heterocycles. The minimum absolute atomic E-state index is 0.428. The molecule has 3 aliphatic carbocycles. The summed E-state index contributed by atoms with van der Waals surface area (Å²) in [6.45, 7) is 0. The summed E-state index contributed by atoms with van der Waals surface area (Å²) in [5, 5.41) is 5.40. The fourth-order valence-corrected chi connectivity index (χ4v) is 11.0. The lowest BCUT2D eigenvalue weighted by Gasteiger charge is -2.40. The van der Waals surface area contributed by atoms with E-state index in [2.05, 4.69) is 181 Å². The van der Waals surface area contributed by atoms with Crippen LogP contribution in [-0.2, 0) is 5.41 Å². The van der Waals surface area contributed by atoms with Gasteiger partial charge in [-0.05, 0) is 91.2 Å². The van der Waals surface area contributed by atoms with Crippen LogP contribution in [0.5, 0.6) is 0 Å².